The van der Waals surface area contributed by atoms with E-state index in [0.29, 0.717) is 19.9 Å². The van der Waals surface area contributed by atoms with Crippen LogP contribution in [0.15, 0.2) is 53.1 Å². The van der Waals surface area contributed by atoms with E-state index in [0.717, 1.165) is 11.8 Å². The highest BCUT2D eigenvalue weighted by atomic mass is 79.9. The summed E-state index contributed by atoms with van der Waals surface area (Å²) in [6, 6.07) is 10.8. The Labute approximate surface area is 166 Å². The number of nitrogens with zero attached hydrogens (tertiary/aromatic N) is 2. The fraction of sp³-hybridized carbons (Fsp3) is 0.111. The molecule has 1 N–H and O–H groups in total. The topological polar surface area (TPSA) is 46.9 Å². The summed E-state index contributed by atoms with van der Waals surface area (Å²) in [4.78, 5) is 12.5. The molecule has 0 bridgehead atoms. The van der Waals surface area contributed by atoms with Crippen LogP contribution in [0.1, 0.15) is 21.6 Å². The number of rotatable bonds is 3. The van der Waals surface area contributed by atoms with Gasteiger partial charge in [0.2, 0.25) is 0 Å². The molecule has 0 saturated carbocycles. The average Bonchev–Trinajstić information content (AvgIpc) is 3.03. The second-order valence-corrected chi connectivity index (χ2v) is 7.02. The number of alkyl halides is 3. The maximum absolute atomic E-state index is 13.7. The molecular formula is C18H12BrClF3N3O. The molecule has 0 aliphatic heterocycles. The van der Waals surface area contributed by atoms with Crippen LogP contribution in [0.4, 0.5) is 18.9 Å². The van der Waals surface area contributed by atoms with E-state index < -0.39 is 23.3 Å². The summed E-state index contributed by atoms with van der Waals surface area (Å²) in [5.41, 5.74) is -0.304. The summed E-state index contributed by atoms with van der Waals surface area (Å²) < 4.78 is 42.2. The quantitative estimate of drug-likeness (QED) is 0.534. The zero-order chi connectivity index (χ0) is 19.8. The smallest absolute Gasteiger partial charge is 0.321 e. The predicted octanol–water partition coefficient (Wildman–Crippen LogP) is 5.87. The van der Waals surface area contributed by atoms with Gasteiger partial charge < -0.3 is 5.32 Å². The average molecular weight is 459 g/mol. The minimum atomic E-state index is -4.78. The van der Waals surface area contributed by atoms with Crippen molar-refractivity contribution in [1.82, 2.24) is 9.78 Å². The summed E-state index contributed by atoms with van der Waals surface area (Å²) in [7, 11) is 0. The fourth-order valence-electron chi connectivity index (χ4n) is 2.48. The van der Waals surface area contributed by atoms with Crippen molar-refractivity contribution in [3.05, 3.63) is 75.0 Å². The lowest BCUT2D eigenvalue weighted by atomic mass is 10.2. The first-order valence-corrected chi connectivity index (χ1v) is 8.82. The Kier molecular flexibility index (Phi) is 5.30. The fourth-order valence-corrected chi connectivity index (χ4v) is 3.19. The molecule has 0 spiro atoms. The minimum Gasteiger partial charge on any atom is -0.321 e. The van der Waals surface area contributed by atoms with Gasteiger partial charge in [-0.3, -0.25) is 4.79 Å². The summed E-state index contributed by atoms with van der Waals surface area (Å²) in [5, 5.41) is 6.62. The Bertz CT molecular complexity index is 1000. The van der Waals surface area contributed by atoms with Gasteiger partial charge in [0.05, 0.1) is 23.1 Å². The monoisotopic (exact) mass is 457 g/mol. The Morgan fingerprint density at radius 3 is 2.44 bits per heavy atom. The van der Waals surface area contributed by atoms with Gasteiger partial charge >= 0.3 is 6.18 Å². The number of benzene rings is 2. The van der Waals surface area contributed by atoms with E-state index in [-0.39, 0.29) is 5.69 Å². The van der Waals surface area contributed by atoms with Crippen LogP contribution in [0.3, 0.4) is 0 Å². The van der Waals surface area contributed by atoms with Crippen molar-refractivity contribution >= 4 is 39.1 Å². The highest BCUT2D eigenvalue weighted by Gasteiger charge is 2.40. The molecular weight excluding hydrogens is 447 g/mol. The van der Waals surface area contributed by atoms with Crippen LogP contribution >= 0.6 is 27.5 Å². The molecule has 9 heteroatoms. The molecule has 4 nitrogen and oxygen atoms in total. The number of anilines is 1. The molecule has 1 amide bonds. The molecule has 0 aliphatic carbocycles. The Balaban J connectivity index is 2.02. The van der Waals surface area contributed by atoms with Gasteiger partial charge in [-0.25, -0.2) is 4.68 Å². The molecule has 27 heavy (non-hydrogen) atoms. The Morgan fingerprint density at radius 1 is 1.19 bits per heavy atom. The number of hydrogen-bond donors (Lipinski definition) is 1. The number of carbonyl (C=O) groups is 1. The maximum atomic E-state index is 13.7. The van der Waals surface area contributed by atoms with Gasteiger partial charge in [0.1, 0.15) is 0 Å². The van der Waals surface area contributed by atoms with E-state index >= 15 is 0 Å². The lowest BCUT2D eigenvalue weighted by molar-refractivity contribution is -0.143. The van der Waals surface area contributed by atoms with Crippen LogP contribution in [0.2, 0.25) is 5.02 Å². The lowest BCUT2D eigenvalue weighted by Gasteiger charge is -2.13. The van der Waals surface area contributed by atoms with E-state index in [1.807, 2.05) is 6.92 Å². The lowest BCUT2D eigenvalue weighted by Crippen LogP contribution is -2.20. The van der Waals surface area contributed by atoms with Crippen LogP contribution in [0.25, 0.3) is 5.69 Å². The molecule has 0 radical (unpaired) electrons. The standard InChI is InChI=1S/C18H12BrClF3N3O/c1-10-2-7-15(14(19)8-10)25-17(27)13-9-24-26(16(13)18(21,22)23)12-5-3-11(20)4-6-12/h2-9H,1H3,(H,25,27). The summed E-state index contributed by atoms with van der Waals surface area (Å²) in [6.07, 6.45) is -3.89. The van der Waals surface area contributed by atoms with Crippen LogP contribution in [0.5, 0.6) is 0 Å². The summed E-state index contributed by atoms with van der Waals surface area (Å²) >= 11 is 9.06. The molecule has 0 saturated heterocycles. The molecule has 1 heterocycles. The zero-order valence-electron chi connectivity index (χ0n) is 13.8. The number of halogens is 5. The zero-order valence-corrected chi connectivity index (χ0v) is 16.2. The third-order valence-electron chi connectivity index (χ3n) is 3.73. The van der Waals surface area contributed by atoms with Crippen LogP contribution in [-0.2, 0) is 6.18 Å². The number of carbonyl (C=O) groups excluding carboxylic acids is 1. The highest BCUT2D eigenvalue weighted by molar-refractivity contribution is 9.10. The maximum Gasteiger partial charge on any atom is 0.434 e. The number of aryl methyl sites for hydroxylation is 1. The van der Waals surface area contributed by atoms with E-state index in [1.165, 1.54) is 24.3 Å². The second kappa shape index (κ2) is 7.36. The van der Waals surface area contributed by atoms with Gasteiger partial charge in [0.25, 0.3) is 5.91 Å². The van der Waals surface area contributed by atoms with Crippen molar-refractivity contribution in [2.75, 3.05) is 5.32 Å². The van der Waals surface area contributed by atoms with Gasteiger partial charge in [-0.05, 0) is 64.8 Å². The van der Waals surface area contributed by atoms with Crippen molar-refractivity contribution in [1.29, 1.82) is 0 Å². The van der Waals surface area contributed by atoms with Gasteiger partial charge in [-0.2, -0.15) is 18.3 Å². The number of nitrogens with one attached hydrogen (secondary N) is 1. The molecule has 0 atom stereocenters. The van der Waals surface area contributed by atoms with Crippen molar-refractivity contribution in [3.63, 3.8) is 0 Å². The van der Waals surface area contributed by atoms with E-state index in [9.17, 15) is 18.0 Å². The largest absolute Gasteiger partial charge is 0.434 e. The SMILES string of the molecule is Cc1ccc(NC(=O)c2cnn(-c3ccc(Cl)cc3)c2C(F)(F)F)c(Br)c1. The minimum absolute atomic E-state index is 0.141. The van der Waals surface area contributed by atoms with E-state index in [4.69, 9.17) is 11.6 Å². The first kappa shape index (κ1) is 19.4. The molecule has 3 aromatic rings. The summed E-state index contributed by atoms with van der Waals surface area (Å²) in [5.74, 6) is -0.910. The van der Waals surface area contributed by atoms with Crippen molar-refractivity contribution in [3.8, 4) is 5.69 Å². The second-order valence-electron chi connectivity index (χ2n) is 5.73. The van der Waals surface area contributed by atoms with Crippen molar-refractivity contribution in [2.24, 2.45) is 0 Å². The van der Waals surface area contributed by atoms with Crippen molar-refractivity contribution < 1.29 is 18.0 Å². The number of amides is 1. The third kappa shape index (κ3) is 4.17. The van der Waals surface area contributed by atoms with Gasteiger partial charge in [0, 0.05) is 9.50 Å². The molecule has 2 aromatic carbocycles. The first-order valence-electron chi connectivity index (χ1n) is 7.65. The summed E-state index contributed by atoms with van der Waals surface area (Å²) in [6.45, 7) is 1.86. The van der Waals surface area contributed by atoms with Gasteiger partial charge in [-0.15, -0.1) is 0 Å². The van der Waals surface area contributed by atoms with Crippen molar-refractivity contribution in [2.45, 2.75) is 13.1 Å². The van der Waals surface area contributed by atoms with E-state index in [2.05, 4.69) is 26.3 Å². The van der Waals surface area contributed by atoms with Gasteiger partial charge in [0.15, 0.2) is 5.69 Å². The van der Waals surface area contributed by atoms with E-state index in [1.54, 1.807) is 18.2 Å². The number of aromatic nitrogens is 2. The molecule has 0 aliphatic rings. The molecule has 140 valence electrons. The Hall–Kier alpha value is -2.32. The normalized spacial score (nSPS) is 11.5. The molecule has 1 aromatic heterocycles. The molecule has 3 rings (SSSR count). The van der Waals surface area contributed by atoms with Gasteiger partial charge in [-0.1, -0.05) is 17.7 Å². The Morgan fingerprint density at radius 2 is 1.85 bits per heavy atom. The third-order valence-corrected chi connectivity index (χ3v) is 4.63. The molecule has 0 unspecified atom stereocenters. The van der Waals surface area contributed by atoms with Crippen LogP contribution < -0.4 is 5.32 Å². The number of hydrogen-bond acceptors (Lipinski definition) is 2. The van der Waals surface area contributed by atoms with Crippen LogP contribution in [0, 0.1) is 6.92 Å². The molecule has 0 fully saturated rings. The predicted molar refractivity (Wildman–Crippen MR) is 100 cm³/mol. The highest BCUT2D eigenvalue weighted by Crippen LogP contribution is 2.34. The first-order chi connectivity index (χ1) is 12.7. The van der Waals surface area contributed by atoms with Crippen LogP contribution in [-0.4, -0.2) is 15.7 Å².